The van der Waals surface area contributed by atoms with Crippen LogP contribution in [0.4, 0.5) is 17.5 Å². The van der Waals surface area contributed by atoms with Crippen molar-refractivity contribution in [3.8, 4) is 0 Å². The van der Waals surface area contributed by atoms with E-state index in [0.717, 1.165) is 37.7 Å². The van der Waals surface area contributed by atoms with Crippen molar-refractivity contribution in [2.45, 2.75) is 26.3 Å². The molecule has 2 aromatic carbocycles. The molecule has 0 spiro atoms. The number of rotatable bonds is 4. The molecular formula is C21H22N4. The number of aromatic nitrogens is 2. The molecule has 0 bridgehead atoms. The predicted molar refractivity (Wildman–Crippen MR) is 102 cm³/mol. The maximum Gasteiger partial charge on any atom is 0.231 e. The highest BCUT2D eigenvalue weighted by Crippen LogP contribution is 2.31. The lowest BCUT2D eigenvalue weighted by Gasteiger charge is -2.29. The van der Waals surface area contributed by atoms with Crippen LogP contribution in [0.1, 0.15) is 23.1 Å². The minimum atomic E-state index is 0.759. The van der Waals surface area contributed by atoms with Gasteiger partial charge in [0.15, 0.2) is 0 Å². The van der Waals surface area contributed by atoms with E-state index in [9.17, 15) is 0 Å². The Morgan fingerprint density at radius 1 is 1.08 bits per heavy atom. The van der Waals surface area contributed by atoms with Crippen molar-refractivity contribution < 1.29 is 0 Å². The summed E-state index contributed by atoms with van der Waals surface area (Å²) < 4.78 is 0. The van der Waals surface area contributed by atoms with E-state index < -0.39 is 0 Å². The van der Waals surface area contributed by atoms with Crippen molar-refractivity contribution in [2.75, 3.05) is 16.8 Å². The van der Waals surface area contributed by atoms with E-state index in [1.807, 2.05) is 12.3 Å². The molecule has 1 aliphatic rings. The number of para-hydroxylation sites is 1. The van der Waals surface area contributed by atoms with Gasteiger partial charge >= 0.3 is 0 Å². The highest BCUT2D eigenvalue weighted by Gasteiger charge is 2.19. The molecule has 4 heteroatoms. The summed E-state index contributed by atoms with van der Waals surface area (Å²) in [5, 5.41) is 3.41. The third-order valence-electron chi connectivity index (χ3n) is 4.55. The first kappa shape index (κ1) is 15.6. The first-order valence-corrected chi connectivity index (χ1v) is 8.77. The van der Waals surface area contributed by atoms with Gasteiger partial charge in [0.05, 0.1) is 0 Å². The largest absolute Gasteiger partial charge is 0.366 e. The molecule has 4 nitrogen and oxygen atoms in total. The van der Waals surface area contributed by atoms with Gasteiger partial charge in [0.1, 0.15) is 5.82 Å². The maximum atomic E-state index is 4.74. The highest BCUT2D eigenvalue weighted by molar-refractivity contribution is 5.64. The molecule has 0 aliphatic carbocycles. The number of nitrogens with one attached hydrogen (secondary N) is 1. The van der Waals surface area contributed by atoms with Crippen molar-refractivity contribution in [1.29, 1.82) is 0 Å². The molecule has 25 heavy (non-hydrogen) atoms. The summed E-state index contributed by atoms with van der Waals surface area (Å²) in [6.07, 6.45) is 4.08. The molecule has 0 atom stereocenters. The quantitative estimate of drug-likeness (QED) is 0.766. The number of fused-ring (bicyclic) bond motifs is 1. The lowest BCUT2D eigenvalue weighted by molar-refractivity contribution is 0.750. The normalized spacial score (nSPS) is 13.4. The third-order valence-corrected chi connectivity index (χ3v) is 4.55. The summed E-state index contributed by atoms with van der Waals surface area (Å²) in [5.74, 6) is 1.62. The van der Waals surface area contributed by atoms with E-state index >= 15 is 0 Å². The average Bonchev–Trinajstić information content (AvgIpc) is 2.66. The Kier molecular flexibility index (Phi) is 4.34. The number of benzene rings is 2. The lowest BCUT2D eigenvalue weighted by atomic mass is 10.0. The number of aryl methyl sites for hydroxylation is 2. The van der Waals surface area contributed by atoms with E-state index in [2.05, 4.69) is 70.7 Å². The smallest absolute Gasteiger partial charge is 0.231 e. The Labute approximate surface area is 148 Å². The molecule has 1 N–H and O–H groups in total. The van der Waals surface area contributed by atoms with E-state index in [1.165, 1.54) is 22.4 Å². The molecule has 4 rings (SSSR count). The predicted octanol–water partition coefficient (Wildman–Crippen LogP) is 4.48. The van der Waals surface area contributed by atoms with Crippen LogP contribution in [0, 0.1) is 6.92 Å². The minimum Gasteiger partial charge on any atom is -0.366 e. The molecule has 0 saturated carbocycles. The van der Waals surface area contributed by atoms with Crippen LogP contribution in [-0.4, -0.2) is 16.5 Å². The van der Waals surface area contributed by atoms with Crippen LogP contribution in [-0.2, 0) is 13.0 Å². The van der Waals surface area contributed by atoms with Gasteiger partial charge in [0.2, 0.25) is 5.95 Å². The Hall–Kier alpha value is -2.88. The highest BCUT2D eigenvalue weighted by atomic mass is 15.3. The topological polar surface area (TPSA) is 41.1 Å². The molecule has 1 aromatic heterocycles. The van der Waals surface area contributed by atoms with Gasteiger partial charge in [0, 0.05) is 25.0 Å². The van der Waals surface area contributed by atoms with Gasteiger partial charge in [-0.05, 0) is 43.0 Å². The molecule has 2 heterocycles. The van der Waals surface area contributed by atoms with Crippen LogP contribution in [0.3, 0.4) is 0 Å². The van der Waals surface area contributed by atoms with Gasteiger partial charge in [0.25, 0.3) is 0 Å². The lowest BCUT2D eigenvalue weighted by Crippen LogP contribution is -2.26. The standard InChI is InChI=1S/C21H22N4/c1-16-6-4-7-17(14-16)15-23-20-11-12-22-21(24-20)25-13-5-9-18-8-2-3-10-19(18)25/h2-4,6-8,10-12,14H,5,9,13,15H2,1H3,(H,22,23,24). The first-order valence-electron chi connectivity index (χ1n) is 8.77. The zero-order valence-electron chi connectivity index (χ0n) is 14.4. The fraction of sp³-hybridized carbons (Fsp3) is 0.238. The molecule has 3 aromatic rings. The Morgan fingerprint density at radius 2 is 2.00 bits per heavy atom. The van der Waals surface area contributed by atoms with Crippen molar-refractivity contribution in [2.24, 2.45) is 0 Å². The Balaban J connectivity index is 1.54. The van der Waals surface area contributed by atoms with E-state index in [0.29, 0.717) is 0 Å². The van der Waals surface area contributed by atoms with E-state index in [4.69, 9.17) is 4.98 Å². The molecule has 1 aliphatic heterocycles. The molecular weight excluding hydrogens is 308 g/mol. The molecule has 0 saturated heterocycles. The van der Waals surface area contributed by atoms with Crippen molar-refractivity contribution in [1.82, 2.24) is 9.97 Å². The van der Waals surface area contributed by atoms with Crippen LogP contribution in [0.15, 0.2) is 60.8 Å². The second-order valence-electron chi connectivity index (χ2n) is 6.47. The van der Waals surface area contributed by atoms with Crippen molar-refractivity contribution in [3.05, 3.63) is 77.5 Å². The van der Waals surface area contributed by atoms with Gasteiger partial charge in [-0.15, -0.1) is 0 Å². The average molecular weight is 330 g/mol. The third kappa shape index (κ3) is 3.48. The number of hydrogen-bond donors (Lipinski definition) is 1. The molecule has 0 unspecified atom stereocenters. The number of anilines is 3. The van der Waals surface area contributed by atoms with Gasteiger partial charge in [-0.25, -0.2) is 4.98 Å². The van der Waals surface area contributed by atoms with E-state index in [1.54, 1.807) is 0 Å². The van der Waals surface area contributed by atoms with Crippen molar-refractivity contribution >= 4 is 17.5 Å². The summed E-state index contributed by atoms with van der Waals surface area (Å²) in [4.78, 5) is 11.5. The number of hydrogen-bond acceptors (Lipinski definition) is 4. The van der Waals surface area contributed by atoms with Crippen LogP contribution in [0.2, 0.25) is 0 Å². The molecule has 0 radical (unpaired) electrons. The minimum absolute atomic E-state index is 0.759. The molecule has 126 valence electrons. The van der Waals surface area contributed by atoms with Crippen molar-refractivity contribution in [3.63, 3.8) is 0 Å². The summed E-state index contributed by atoms with van der Waals surface area (Å²) in [5.41, 5.74) is 5.12. The summed E-state index contributed by atoms with van der Waals surface area (Å²) in [6.45, 7) is 3.83. The summed E-state index contributed by atoms with van der Waals surface area (Å²) >= 11 is 0. The molecule has 0 amide bonds. The van der Waals surface area contributed by atoms with Crippen LogP contribution < -0.4 is 10.2 Å². The van der Waals surface area contributed by atoms with Crippen LogP contribution in [0.5, 0.6) is 0 Å². The van der Waals surface area contributed by atoms with Gasteiger partial charge < -0.3 is 10.2 Å². The first-order chi connectivity index (χ1) is 12.3. The zero-order chi connectivity index (χ0) is 17.1. The molecule has 0 fully saturated rings. The second kappa shape index (κ2) is 6.93. The van der Waals surface area contributed by atoms with Crippen LogP contribution in [0.25, 0.3) is 0 Å². The zero-order valence-corrected chi connectivity index (χ0v) is 14.4. The Bertz CT molecular complexity index is 875. The summed E-state index contributed by atoms with van der Waals surface area (Å²) in [6, 6.07) is 19.0. The van der Waals surface area contributed by atoms with E-state index in [-0.39, 0.29) is 0 Å². The second-order valence-corrected chi connectivity index (χ2v) is 6.47. The van der Waals surface area contributed by atoms with Gasteiger partial charge in [-0.3, -0.25) is 0 Å². The summed E-state index contributed by atoms with van der Waals surface area (Å²) in [7, 11) is 0. The Morgan fingerprint density at radius 3 is 2.92 bits per heavy atom. The number of nitrogens with zero attached hydrogens (tertiary/aromatic N) is 3. The van der Waals surface area contributed by atoms with Crippen LogP contribution >= 0.6 is 0 Å². The fourth-order valence-corrected chi connectivity index (χ4v) is 3.33. The maximum absolute atomic E-state index is 4.74. The SMILES string of the molecule is Cc1cccc(CNc2ccnc(N3CCCc4ccccc43)n2)c1. The van der Waals surface area contributed by atoms with Gasteiger partial charge in [-0.2, -0.15) is 4.98 Å². The monoisotopic (exact) mass is 330 g/mol. The van der Waals surface area contributed by atoms with Gasteiger partial charge in [-0.1, -0.05) is 48.0 Å². The fourth-order valence-electron chi connectivity index (χ4n) is 3.33.